The van der Waals surface area contributed by atoms with E-state index in [0.29, 0.717) is 52.9 Å². The van der Waals surface area contributed by atoms with Crippen LogP contribution >= 0.6 is 0 Å². The second-order valence-electron chi connectivity index (χ2n) is 33.9. The minimum Gasteiger partial charge on any atom is -0.491 e. The Morgan fingerprint density at radius 3 is 0.850 bits per heavy atom. The van der Waals surface area contributed by atoms with Gasteiger partial charge in [-0.15, -0.1) is 0 Å². The highest BCUT2D eigenvalue weighted by Crippen LogP contribution is 2.49. The Morgan fingerprint density at radius 2 is 0.531 bits per heavy atom. The summed E-state index contributed by atoms with van der Waals surface area (Å²) in [5.74, 6) is 2.42. The molecule has 0 N–H and O–H groups in total. The van der Waals surface area contributed by atoms with Gasteiger partial charge in [0.2, 0.25) is 0 Å². The van der Waals surface area contributed by atoms with Crippen LogP contribution < -0.4 is 28.8 Å². The fourth-order valence-electron chi connectivity index (χ4n) is 15.2. The monoisotopic (exact) mass is 1500 g/mol. The number of hydrogen-bond acceptors (Lipinski definition) is 5. The summed E-state index contributed by atoms with van der Waals surface area (Å²) in [5, 5.41) is 0. The van der Waals surface area contributed by atoms with Crippen LogP contribution in [0.25, 0.3) is 11.1 Å². The average molecular weight is 1500 g/mol. The molecule has 0 fully saturated rings. The van der Waals surface area contributed by atoms with Crippen molar-refractivity contribution >= 4 is 0 Å². The molecule has 0 aliphatic carbocycles. The Balaban J connectivity index is 0.518. The molecule has 0 saturated carbocycles. The van der Waals surface area contributed by atoms with E-state index in [0.717, 1.165) is 42.3 Å². The zero-order valence-electron chi connectivity index (χ0n) is 68.2. The number of ether oxygens (including phenoxy) is 5. The molecule has 0 bridgehead atoms. The van der Waals surface area contributed by atoms with Gasteiger partial charge in [-0.3, -0.25) is 4.42 Å². The smallest absolute Gasteiger partial charge is 0.346 e. The van der Waals surface area contributed by atoms with Crippen LogP contribution in [0.3, 0.4) is 0 Å². The van der Waals surface area contributed by atoms with Gasteiger partial charge in [0.1, 0.15) is 43.7 Å². The van der Waals surface area contributed by atoms with E-state index >= 15 is 0 Å². The van der Waals surface area contributed by atoms with Crippen LogP contribution in [0.1, 0.15) is 167 Å². The van der Waals surface area contributed by atoms with Crippen LogP contribution in [0.15, 0.2) is 333 Å². The van der Waals surface area contributed by atoms with E-state index in [1.54, 1.807) is 0 Å². The third kappa shape index (κ3) is 19.8. The average Bonchev–Trinajstić information content (AvgIpc) is 0.736. The Morgan fingerprint density at radius 1 is 0.265 bits per heavy atom. The van der Waals surface area contributed by atoms with Gasteiger partial charge in [0.25, 0.3) is 6.61 Å². The minimum atomic E-state index is -0.560. The second-order valence-corrected chi connectivity index (χ2v) is 33.9. The summed E-state index contributed by atoms with van der Waals surface area (Å²) >= 11 is 0. The first-order chi connectivity index (χ1) is 54.5. The van der Waals surface area contributed by atoms with Crippen LogP contribution in [0.4, 0.5) is 0 Å². The van der Waals surface area contributed by atoms with Gasteiger partial charge in [0.15, 0.2) is 37.9 Å². The quantitative estimate of drug-likeness (QED) is 0.0194. The van der Waals surface area contributed by atoms with Gasteiger partial charge in [0, 0.05) is 54.3 Å². The second kappa shape index (κ2) is 35.6. The number of benzene rings is 10. The molecule has 9 heteroatoms. The summed E-state index contributed by atoms with van der Waals surface area (Å²) < 4.78 is 43.2. The van der Waals surface area contributed by atoms with E-state index in [1.165, 1.54) is 94.6 Å². The Kier molecular flexibility index (Phi) is 25.2. The van der Waals surface area contributed by atoms with E-state index < -0.39 is 10.8 Å². The predicted octanol–water partition coefficient (Wildman–Crippen LogP) is 21.3. The maximum absolute atomic E-state index is 6.26. The number of aromatic nitrogens is 3. The highest BCUT2D eigenvalue weighted by atomic mass is 16.5. The summed E-state index contributed by atoms with van der Waals surface area (Å²) in [6.07, 6.45) is 12.7. The molecule has 13 rings (SSSR count). The lowest BCUT2D eigenvalue weighted by atomic mass is 9.64. The van der Waals surface area contributed by atoms with Crippen molar-refractivity contribution in [2.45, 2.75) is 135 Å². The molecule has 0 amide bonds. The van der Waals surface area contributed by atoms with Crippen molar-refractivity contribution < 1.29 is 32.8 Å². The molecule has 3 heterocycles. The summed E-state index contributed by atoms with van der Waals surface area (Å²) in [6, 6.07) is 106. The van der Waals surface area contributed by atoms with E-state index in [4.69, 9.17) is 28.1 Å². The van der Waals surface area contributed by atoms with Crippen molar-refractivity contribution in [1.82, 2.24) is 4.57 Å². The minimum absolute atomic E-state index is 0.0398. The Labute approximate surface area is 671 Å². The van der Waals surface area contributed by atoms with Crippen molar-refractivity contribution in [2.24, 2.45) is 0 Å². The largest absolute Gasteiger partial charge is 0.491 e. The molecule has 0 spiro atoms. The summed E-state index contributed by atoms with van der Waals surface area (Å²) in [5.41, 5.74) is 20.7. The van der Waals surface area contributed by atoms with Crippen molar-refractivity contribution in [1.29, 1.82) is 0 Å². The van der Waals surface area contributed by atoms with Crippen molar-refractivity contribution in [3.8, 4) is 28.4 Å². The van der Waals surface area contributed by atoms with E-state index in [-0.39, 0.29) is 21.7 Å². The molecule has 0 saturated heterocycles. The van der Waals surface area contributed by atoms with Crippen LogP contribution in [0, 0.1) is 0 Å². The lowest BCUT2D eigenvalue weighted by Crippen LogP contribution is -2.33. The first kappa shape index (κ1) is 79.8. The highest BCUT2D eigenvalue weighted by molar-refractivity contribution is 5.64. The number of rotatable bonds is 30. The third-order valence-electron chi connectivity index (χ3n) is 21.7. The van der Waals surface area contributed by atoms with Crippen LogP contribution in [-0.4, -0.2) is 57.4 Å². The number of hydrogen-bond donors (Lipinski definition) is 0. The normalized spacial score (nSPS) is 12.2. The van der Waals surface area contributed by atoms with Crippen molar-refractivity contribution in [3.05, 3.63) is 422 Å². The van der Waals surface area contributed by atoms with Crippen LogP contribution in [-0.2, 0) is 61.6 Å². The molecule has 0 aliphatic heterocycles. The number of nitrogens with zero attached hydrogens (tertiary/aromatic N) is 3. The van der Waals surface area contributed by atoms with Crippen LogP contribution in [0.5, 0.6) is 17.2 Å². The Hall–Kier alpha value is -11.2. The maximum atomic E-state index is 6.26. The van der Waals surface area contributed by atoms with E-state index in [1.807, 2.05) is 24.3 Å². The fraction of sp³-hybridized carbons (Fsp3) is 0.279. The van der Waals surface area contributed by atoms with E-state index in [9.17, 15) is 0 Å². The molecular formula is C104H112N3O6+3. The SMILES string of the molecule is CC(C)(C)c1ccc(C(c2ccccc2)(c2ccc(OCCOCCOc3ccc(C[n+]4ccc(-c5cc[n+](Cc6ccc(Cn7ccc(=[O+]CCOCCOc8ccc(C(c9ccccc9)(c9ccc(C(C)(C)C)cc9)c9ccc(C(C)(C)C)cc9)cc8)cc7)cc6)cc5)cc4)cc3)cc2)c2ccc(C(C)(C)C)cc2)cc1. The standard InChI is InChI=1S/C104H112N3O6/c1-99(2,3)83-29-37-89(38-30-83)103(87-19-15-13-16-20-87,90-39-31-84(32-40-90)100(4,5)6)93-45-51-96(52-46-93)111-72-68-108-67-71-110-95-49-27-80(28-50-95)77-106-63-57-82(58-64-106)81-55-61-105(62-56-81)75-78-23-25-79(26-24-78)76-107-65-59-98(60-66-107)113-74-70-109-69-73-112-97-53-47-94(48-54-97)104(88-21-17-14-18-22-88,91-41-33-85(34-42-91)101(7,8)9)92-43-35-86(36-44-92)102(10,11)12/h13-66H,67-77H2,1-12H3/q+3. The first-order valence-electron chi connectivity index (χ1n) is 40.1. The van der Waals surface area contributed by atoms with Gasteiger partial charge in [-0.1, -0.05) is 289 Å². The molecule has 10 aromatic carbocycles. The van der Waals surface area contributed by atoms with Gasteiger partial charge < -0.3 is 28.3 Å². The molecule has 0 unspecified atom stereocenters. The van der Waals surface area contributed by atoms with Gasteiger partial charge in [-0.2, -0.15) is 0 Å². The topological polar surface area (TPSA) is 70.1 Å². The van der Waals surface area contributed by atoms with Gasteiger partial charge >= 0.3 is 5.43 Å². The van der Waals surface area contributed by atoms with Gasteiger partial charge in [-0.05, 0) is 154 Å². The summed E-state index contributed by atoms with van der Waals surface area (Å²) in [7, 11) is 0. The fourth-order valence-corrected chi connectivity index (χ4v) is 15.2. The molecule has 0 radical (unpaired) electrons. The maximum Gasteiger partial charge on any atom is 0.346 e. The van der Waals surface area contributed by atoms with Gasteiger partial charge in [0.05, 0.1) is 42.8 Å². The Bertz CT molecular complexity index is 5070. The number of pyridine rings is 3. The lowest BCUT2D eigenvalue weighted by molar-refractivity contribution is -0.688. The summed E-state index contributed by atoms with van der Waals surface area (Å²) in [4.78, 5) is 0. The molecule has 9 nitrogen and oxygen atoms in total. The molecule has 3 aromatic heterocycles. The molecule has 113 heavy (non-hydrogen) atoms. The van der Waals surface area contributed by atoms with Crippen molar-refractivity contribution in [2.75, 3.05) is 52.9 Å². The zero-order chi connectivity index (χ0) is 79.1. The summed E-state index contributed by atoms with van der Waals surface area (Å²) in [6.45, 7) is 33.1. The third-order valence-corrected chi connectivity index (χ3v) is 21.7. The molecular weight excluding hydrogens is 1390 g/mol. The molecule has 576 valence electrons. The van der Waals surface area contributed by atoms with Crippen molar-refractivity contribution in [3.63, 3.8) is 0 Å². The first-order valence-corrected chi connectivity index (χ1v) is 40.1. The van der Waals surface area contributed by atoms with E-state index in [2.05, 4.69) is 401 Å². The van der Waals surface area contributed by atoms with Crippen LogP contribution in [0.2, 0.25) is 0 Å². The lowest BCUT2D eigenvalue weighted by Gasteiger charge is -2.37. The highest BCUT2D eigenvalue weighted by Gasteiger charge is 2.41. The predicted molar refractivity (Wildman–Crippen MR) is 460 cm³/mol. The molecule has 0 atom stereocenters. The zero-order valence-corrected chi connectivity index (χ0v) is 68.2. The molecule has 13 aromatic rings. The van der Waals surface area contributed by atoms with Gasteiger partial charge in [-0.25, -0.2) is 9.13 Å². The molecule has 0 aliphatic rings.